The lowest BCUT2D eigenvalue weighted by molar-refractivity contribution is 0.253. The Bertz CT molecular complexity index is 2450. The summed E-state index contributed by atoms with van der Waals surface area (Å²) in [5.74, 6) is 3.91. The Kier molecular flexibility index (Phi) is 18.8. The van der Waals surface area contributed by atoms with Gasteiger partial charge in [0.2, 0.25) is 0 Å². The first-order chi connectivity index (χ1) is 33.9. The zero-order valence-electron chi connectivity index (χ0n) is 52.3. The molecule has 0 unspecified atom stereocenters. The molecule has 2 heterocycles. The summed E-state index contributed by atoms with van der Waals surface area (Å²) in [6.45, 7) is 61.2. The summed E-state index contributed by atoms with van der Waals surface area (Å²) in [5.41, 5.74) is 13.6. The molecular weight excluding hydrogens is 966 g/mol. The largest absolute Gasteiger partial charge is 0.505 e. The van der Waals surface area contributed by atoms with E-state index in [1.54, 1.807) is 0 Å². The van der Waals surface area contributed by atoms with Crippen LogP contribution in [0.4, 0.5) is 4.20 Å². The van der Waals surface area contributed by atoms with Crippen molar-refractivity contribution in [3.8, 4) is 23.0 Å². The molecule has 4 aromatic carbocycles. The molecule has 0 N–H and O–H groups in total. The molecule has 2 aliphatic rings. The van der Waals surface area contributed by atoms with Gasteiger partial charge in [-0.2, -0.15) is 0 Å². The van der Waals surface area contributed by atoms with Crippen molar-refractivity contribution < 1.29 is 26.8 Å². The van der Waals surface area contributed by atoms with E-state index >= 15 is 4.20 Å². The highest BCUT2D eigenvalue weighted by Gasteiger charge is 2.39. The Morgan fingerprint density at radius 1 is 0.440 bits per heavy atom. The van der Waals surface area contributed by atoms with Crippen molar-refractivity contribution in [1.29, 1.82) is 0 Å². The molecule has 0 saturated heterocycles. The summed E-state index contributed by atoms with van der Waals surface area (Å²) in [4.78, 5) is 0. The van der Waals surface area contributed by atoms with E-state index < -0.39 is 17.3 Å². The van der Waals surface area contributed by atoms with Crippen LogP contribution in [0, 0.1) is 5.92 Å². The molecule has 0 saturated carbocycles. The predicted molar refractivity (Wildman–Crippen MR) is 322 cm³/mol. The van der Waals surface area contributed by atoms with Crippen LogP contribution in [-0.4, -0.2) is 6.61 Å². The minimum Gasteiger partial charge on any atom is -0.417 e. The predicted octanol–water partition coefficient (Wildman–Crippen LogP) is 21.7. The Morgan fingerprint density at radius 2 is 0.760 bits per heavy atom. The van der Waals surface area contributed by atoms with E-state index in [9.17, 15) is 0 Å². The van der Waals surface area contributed by atoms with Crippen LogP contribution in [-0.2, 0) is 54.3 Å². The van der Waals surface area contributed by atoms with Gasteiger partial charge >= 0.3 is 17.3 Å². The van der Waals surface area contributed by atoms with E-state index in [0.29, 0.717) is 18.1 Å². The number of rotatable bonds is 7. The van der Waals surface area contributed by atoms with Gasteiger partial charge < -0.3 is 18.1 Å². The summed E-state index contributed by atoms with van der Waals surface area (Å²) >= 11 is 0. The number of unbranched alkanes of at least 4 members (excludes halogenated alkanes) is 2. The van der Waals surface area contributed by atoms with Gasteiger partial charge in [-0.1, -0.05) is 255 Å². The summed E-state index contributed by atoms with van der Waals surface area (Å²) in [6, 6.07) is 18.3. The second kappa shape index (κ2) is 22.5. The van der Waals surface area contributed by atoms with Crippen LogP contribution in [0.15, 0.2) is 48.5 Å². The third kappa shape index (κ3) is 15.8. The van der Waals surface area contributed by atoms with Gasteiger partial charge in [0.25, 0.3) is 0 Å². The Labute approximate surface area is 461 Å². The summed E-state index contributed by atoms with van der Waals surface area (Å²) in [6.07, 6.45) is 5.45. The molecule has 0 spiro atoms. The van der Waals surface area contributed by atoms with Crippen LogP contribution in [0.5, 0.6) is 23.0 Å². The number of benzene rings is 4. The van der Waals surface area contributed by atoms with Gasteiger partial charge in [0, 0.05) is 45.7 Å². The third-order valence-electron chi connectivity index (χ3n) is 14.9. The molecule has 4 aromatic rings. The SMILES string of the molecule is CC(C)CCCCCOP1Oc2c(cc(C(C)(C)C)cc2C(C)(C)C)Cc2cc(C(C)(C)C)cc(C(C)(C)C)c2O1.CC1c2cc(C(C)(C)C)cc(C(C)(C)C)c2OP(F)Oc2c1cc(C(C)(C)C)cc2C(C)(C)C. The lowest BCUT2D eigenvalue weighted by Gasteiger charge is -2.35. The zero-order chi connectivity index (χ0) is 57.0. The maximum Gasteiger partial charge on any atom is 0.505 e. The van der Waals surface area contributed by atoms with Crippen LogP contribution >= 0.6 is 17.3 Å². The van der Waals surface area contributed by atoms with Crippen molar-refractivity contribution in [3.05, 3.63) is 115 Å². The molecule has 0 fully saturated rings. The van der Waals surface area contributed by atoms with Crippen molar-refractivity contribution in [1.82, 2.24) is 0 Å². The standard InChI is InChI=1S/C37H59O3P.C30H44FO2P/c1-25(2)18-16-15-17-19-38-41-39-32-26(21-28(34(3,4)5)23-30(32)36(9,10)11)20-27-22-29(35(6,7)8)24-31(33(27)40-41)37(12,13)14;1-18-21-14-19(27(2,3)4)16-23(29(8,9)10)25(21)32-34(31)33-26-22(18)15-20(28(5,6)7)17-24(26)30(11,12)13/h21-25H,15-20H2,1-14H3;14-18H,1-13H3. The number of hydrogen-bond donors (Lipinski definition) is 0. The molecule has 6 rings (SSSR count). The maximum absolute atomic E-state index is 15.5. The fourth-order valence-electron chi connectivity index (χ4n) is 9.69. The van der Waals surface area contributed by atoms with Gasteiger partial charge in [0.05, 0.1) is 6.61 Å². The van der Waals surface area contributed by atoms with Gasteiger partial charge in [-0.3, -0.25) is 4.52 Å². The molecule has 0 aliphatic carbocycles. The lowest BCUT2D eigenvalue weighted by Crippen LogP contribution is -2.22. The van der Waals surface area contributed by atoms with Crippen molar-refractivity contribution in [2.45, 2.75) is 268 Å². The number of halogens is 1. The van der Waals surface area contributed by atoms with Crippen LogP contribution in [0.25, 0.3) is 0 Å². The second-order valence-electron chi connectivity index (χ2n) is 30.7. The molecule has 0 radical (unpaired) electrons. The molecule has 2 aliphatic heterocycles. The molecule has 8 heteroatoms. The minimum absolute atomic E-state index is 0.0134. The quantitative estimate of drug-likeness (QED) is 0.136. The normalized spacial score (nSPS) is 17.0. The van der Waals surface area contributed by atoms with Gasteiger partial charge in [-0.05, 0) is 89.0 Å². The monoisotopic (exact) mass is 1070 g/mol. The average molecular weight is 1070 g/mol. The Hall–Kier alpha value is -3.17. The maximum atomic E-state index is 15.5. The highest BCUT2D eigenvalue weighted by atomic mass is 31.2. The number of hydrogen-bond acceptors (Lipinski definition) is 5. The van der Waals surface area contributed by atoms with Crippen molar-refractivity contribution >= 4 is 17.3 Å². The van der Waals surface area contributed by atoms with E-state index in [1.807, 2.05) is 0 Å². The van der Waals surface area contributed by atoms with Crippen LogP contribution in [0.1, 0.15) is 285 Å². The Balaban J connectivity index is 0.000000282. The third-order valence-corrected chi connectivity index (χ3v) is 16.6. The number of fused-ring (bicyclic) bond motifs is 4. The first-order valence-electron chi connectivity index (χ1n) is 28.2. The van der Waals surface area contributed by atoms with Gasteiger partial charge in [0.15, 0.2) is 0 Å². The van der Waals surface area contributed by atoms with E-state index in [2.05, 4.69) is 235 Å². The minimum atomic E-state index is -2.63. The van der Waals surface area contributed by atoms with E-state index in [0.717, 1.165) is 52.5 Å². The van der Waals surface area contributed by atoms with Gasteiger partial charge in [-0.25, -0.2) is 0 Å². The van der Waals surface area contributed by atoms with E-state index in [4.69, 9.17) is 22.6 Å². The van der Waals surface area contributed by atoms with E-state index in [1.165, 1.54) is 63.8 Å². The first kappa shape index (κ1) is 62.7. The summed E-state index contributed by atoms with van der Waals surface area (Å²) in [7, 11) is -4.25. The zero-order valence-corrected chi connectivity index (χ0v) is 54.1. The second-order valence-corrected chi connectivity index (χ2v) is 32.5. The topological polar surface area (TPSA) is 46.2 Å². The van der Waals surface area contributed by atoms with Crippen LogP contribution < -0.4 is 18.1 Å². The van der Waals surface area contributed by atoms with E-state index in [-0.39, 0.29) is 49.2 Å². The molecule has 0 aromatic heterocycles. The highest BCUT2D eigenvalue weighted by molar-refractivity contribution is 7.42. The molecule has 0 atom stereocenters. The van der Waals surface area contributed by atoms with Crippen LogP contribution in [0.2, 0.25) is 0 Å². The highest BCUT2D eigenvalue weighted by Crippen LogP contribution is 2.57. The van der Waals surface area contributed by atoms with Crippen LogP contribution in [0.3, 0.4) is 0 Å². The average Bonchev–Trinajstić information content (AvgIpc) is 3.21. The molecule has 0 bridgehead atoms. The molecule has 5 nitrogen and oxygen atoms in total. The smallest absolute Gasteiger partial charge is 0.417 e. The summed E-state index contributed by atoms with van der Waals surface area (Å²) in [5, 5.41) is 0. The van der Waals surface area contributed by atoms with Crippen molar-refractivity contribution in [3.63, 3.8) is 0 Å². The van der Waals surface area contributed by atoms with Crippen molar-refractivity contribution in [2.75, 3.05) is 6.61 Å². The van der Waals surface area contributed by atoms with Crippen molar-refractivity contribution in [2.24, 2.45) is 5.92 Å². The molecule has 0 amide bonds. The molecule has 418 valence electrons. The first-order valence-corrected chi connectivity index (χ1v) is 30.4. The Morgan fingerprint density at radius 3 is 1.07 bits per heavy atom. The fraction of sp³-hybridized carbons (Fsp3) is 0.642. The molecule has 75 heavy (non-hydrogen) atoms. The van der Waals surface area contributed by atoms with Gasteiger partial charge in [0.1, 0.15) is 23.0 Å². The summed E-state index contributed by atoms with van der Waals surface area (Å²) < 4.78 is 47.8. The fourth-order valence-corrected chi connectivity index (χ4v) is 11.6. The molecular formula is C67H103FO5P2. The van der Waals surface area contributed by atoms with Gasteiger partial charge in [-0.15, -0.1) is 4.20 Å². The lowest BCUT2D eigenvalue weighted by atomic mass is 9.74.